The molecule has 6 heteroatoms. The first-order valence-electron chi connectivity index (χ1n) is 4.85. The number of aliphatic hydroxyl groups is 1. The van der Waals surface area contributed by atoms with E-state index in [9.17, 15) is 14.5 Å². The lowest BCUT2D eigenvalue weighted by molar-refractivity contribution is -0.386. The van der Waals surface area contributed by atoms with E-state index in [1.165, 1.54) is 6.07 Å². The summed E-state index contributed by atoms with van der Waals surface area (Å²) in [6.45, 7) is 0. The molecule has 5 nitrogen and oxygen atoms in total. The number of benzene rings is 1. The molecule has 1 saturated carbocycles. The van der Waals surface area contributed by atoms with Crippen LogP contribution in [-0.4, -0.2) is 22.2 Å². The molecule has 0 unspecified atom stereocenters. The van der Waals surface area contributed by atoms with Crippen LogP contribution in [0.4, 0.5) is 10.1 Å². The highest BCUT2D eigenvalue weighted by Crippen LogP contribution is 2.32. The van der Waals surface area contributed by atoms with E-state index in [2.05, 4.69) is 0 Å². The Morgan fingerprint density at radius 1 is 1.50 bits per heavy atom. The van der Waals surface area contributed by atoms with E-state index in [1.54, 1.807) is 0 Å². The van der Waals surface area contributed by atoms with Gasteiger partial charge in [0, 0.05) is 12.8 Å². The van der Waals surface area contributed by atoms with Gasteiger partial charge >= 0.3 is 5.69 Å². The van der Waals surface area contributed by atoms with Crippen molar-refractivity contribution in [3.8, 4) is 5.75 Å². The minimum absolute atomic E-state index is 0.0447. The van der Waals surface area contributed by atoms with Crippen LogP contribution in [0.1, 0.15) is 12.8 Å². The minimum atomic E-state index is -0.687. The second-order valence-corrected chi connectivity index (χ2v) is 3.73. The first-order valence-corrected chi connectivity index (χ1v) is 4.85. The summed E-state index contributed by atoms with van der Waals surface area (Å²) in [5, 5.41) is 19.7. The van der Waals surface area contributed by atoms with Crippen LogP contribution >= 0.6 is 0 Å². The van der Waals surface area contributed by atoms with Gasteiger partial charge in [0.1, 0.15) is 11.9 Å². The molecule has 0 aliphatic heterocycles. The molecule has 86 valence electrons. The average molecular weight is 227 g/mol. The standard InChI is InChI=1S/C10H10FNO4/c11-6-1-2-10(9(3-6)12(14)15)16-8-4-7(13)5-8/h1-3,7-8,13H,4-5H2. The molecule has 0 atom stereocenters. The summed E-state index contributed by atoms with van der Waals surface area (Å²) in [7, 11) is 0. The van der Waals surface area contributed by atoms with Crippen molar-refractivity contribution in [1.29, 1.82) is 0 Å². The van der Waals surface area contributed by atoms with Crippen molar-refractivity contribution >= 4 is 5.69 Å². The van der Waals surface area contributed by atoms with E-state index < -0.39 is 16.8 Å². The summed E-state index contributed by atoms with van der Waals surface area (Å²) in [5.41, 5.74) is -0.388. The van der Waals surface area contributed by atoms with Gasteiger partial charge in [-0.15, -0.1) is 0 Å². The first kappa shape index (κ1) is 10.8. The third-order valence-corrected chi connectivity index (χ3v) is 2.48. The number of aliphatic hydroxyl groups excluding tert-OH is 1. The van der Waals surface area contributed by atoms with Crippen LogP contribution in [0.25, 0.3) is 0 Å². The van der Waals surface area contributed by atoms with Crippen LogP contribution in [0, 0.1) is 15.9 Å². The predicted octanol–water partition coefficient (Wildman–Crippen LogP) is 1.64. The summed E-state index contributed by atoms with van der Waals surface area (Å²) in [4.78, 5) is 9.95. The van der Waals surface area contributed by atoms with Gasteiger partial charge in [-0.2, -0.15) is 0 Å². The first-order chi connectivity index (χ1) is 7.56. The molecule has 1 N–H and O–H groups in total. The molecule has 2 rings (SSSR count). The van der Waals surface area contributed by atoms with Crippen molar-refractivity contribution in [3.05, 3.63) is 34.1 Å². The number of nitro benzene ring substituents is 1. The fourth-order valence-corrected chi connectivity index (χ4v) is 1.55. The number of nitrogens with zero attached hydrogens (tertiary/aromatic N) is 1. The molecule has 1 aromatic rings. The van der Waals surface area contributed by atoms with Crippen LogP contribution in [0.2, 0.25) is 0 Å². The monoisotopic (exact) mass is 227 g/mol. The Hall–Kier alpha value is -1.69. The Morgan fingerprint density at radius 2 is 2.19 bits per heavy atom. The largest absolute Gasteiger partial charge is 0.483 e. The zero-order valence-electron chi connectivity index (χ0n) is 8.30. The number of rotatable bonds is 3. The Balaban J connectivity index is 2.16. The zero-order chi connectivity index (χ0) is 11.7. The lowest BCUT2D eigenvalue weighted by Crippen LogP contribution is -2.37. The second kappa shape index (κ2) is 4.05. The normalized spacial score (nSPS) is 23.6. The summed E-state index contributed by atoms with van der Waals surface area (Å²) in [6.07, 6.45) is 0.284. The van der Waals surface area contributed by atoms with Gasteiger partial charge in [0.2, 0.25) is 0 Å². The lowest BCUT2D eigenvalue weighted by Gasteiger charge is -2.31. The quantitative estimate of drug-likeness (QED) is 0.629. The molecule has 0 aromatic heterocycles. The molecular formula is C10H10FNO4. The van der Waals surface area contributed by atoms with Gasteiger partial charge in [0.05, 0.1) is 17.1 Å². The van der Waals surface area contributed by atoms with Crippen molar-refractivity contribution in [2.75, 3.05) is 0 Å². The van der Waals surface area contributed by atoms with Crippen molar-refractivity contribution in [1.82, 2.24) is 0 Å². The lowest BCUT2D eigenvalue weighted by atomic mass is 9.92. The number of hydrogen-bond acceptors (Lipinski definition) is 4. The van der Waals surface area contributed by atoms with Gasteiger partial charge in [-0.1, -0.05) is 0 Å². The Bertz CT molecular complexity index is 417. The van der Waals surface area contributed by atoms with Gasteiger partial charge in [-0.3, -0.25) is 10.1 Å². The van der Waals surface area contributed by atoms with E-state index in [0.717, 1.165) is 12.1 Å². The third-order valence-electron chi connectivity index (χ3n) is 2.48. The highest BCUT2D eigenvalue weighted by molar-refractivity contribution is 5.46. The highest BCUT2D eigenvalue weighted by atomic mass is 19.1. The second-order valence-electron chi connectivity index (χ2n) is 3.73. The topological polar surface area (TPSA) is 72.6 Å². The van der Waals surface area contributed by atoms with E-state index in [4.69, 9.17) is 9.84 Å². The van der Waals surface area contributed by atoms with Gasteiger partial charge in [-0.25, -0.2) is 4.39 Å². The summed E-state index contributed by atoms with van der Waals surface area (Å²) < 4.78 is 18.1. The Morgan fingerprint density at radius 3 is 2.75 bits per heavy atom. The molecule has 16 heavy (non-hydrogen) atoms. The van der Waals surface area contributed by atoms with Crippen LogP contribution in [-0.2, 0) is 0 Å². The predicted molar refractivity (Wildman–Crippen MR) is 52.7 cm³/mol. The molecule has 1 aromatic carbocycles. The number of ether oxygens (including phenoxy) is 1. The molecule has 0 amide bonds. The molecule has 1 aliphatic carbocycles. The summed E-state index contributed by atoms with van der Waals surface area (Å²) >= 11 is 0. The van der Waals surface area contributed by atoms with E-state index in [1.807, 2.05) is 0 Å². The maximum Gasteiger partial charge on any atom is 0.313 e. The number of halogens is 1. The van der Waals surface area contributed by atoms with Crippen molar-refractivity contribution in [2.45, 2.75) is 25.0 Å². The van der Waals surface area contributed by atoms with Gasteiger partial charge < -0.3 is 9.84 Å². The summed E-state index contributed by atoms with van der Waals surface area (Å²) in [6, 6.07) is 3.17. The van der Waals surface area contributed by atoms with Crippen LogP contribution in [0.15, 0.2) is 18.2 Å². The maximum absolute atomic E-state index is 12.8. The van der Waals surface area contributed by atoms with E-state index in [-0.39, 0.29) is 17.5 Å². The van der Waals surface area contributed by atoms with Crippen molar-refractivity contribution < 1.29 is 19.2 Å². The molecule has 1 aliphatic rings. The molecule has 0 radical (unpaired) electrons. The van der Waals surface area contributed by atoms with Gasteiger partial charge in [-0.05, 0) is 12.1 Å². The van der Waals surface area contributed by atoms with E-state index in [0.29, 0.717) is 12.8 Å². The smallest absolute Gasteiger partial charge is 0.313 e. The molecule has 0 heterocycles. The average Bonchev–Trinajstić information content (AvgIpc) is 2.17. The van der Waals surface area contributed by atoms with E-state index >= 15 is 0 Å². The van der Waals surface area contributed by atoms with Crippen LogP contribution in [0.5, 0.6) is 5.75 Å². The Labute approximate surface area is 90.6 Å². The highest BCUT2D eigenvalue weighted by Gasteiger charge is 2.31. The van der Waals surface area contributed by atoms with Gasteiger partial charge in [0.15, 0.2) is 5.75 Å². The molecular weight excluding hydrogens is 217 g/mol. The molecule has 0 saturated heterocycles. The number of hydrogen-bond donors (Lipinski definition) is 1. The van der Waals surface area contributed by atoms with Crippen LogP contribution < -0.4 is 4.74 Å². The van der Waals surface area contributed by atoms with Crippen LogP contribution in [0.3, 0.4) is 0 Å². The fourth-order valence-electron chi connectivity index (χ4n) is 1.55. The third kappa shape index (κ3) is 2.11. The maximum atomic E-state index is 12.8. The molecule has 0 spiro atoms. The fraction of sp³-hybridized carbons (Fsp3) is 0.400. The van der Waals surface area contributed by atoms with Gasteiger partial charge in [0.25, 0.3) is 0 Å². The molecule has 1 fully saturated rings. The Kier molecular flexibility index (Phi) is 2.74. The zero-order valence-corrected chi connectivity index (χ0v) is 8.30. The van der Waals surface area contributed by atoms with Crippen molar-refractivity contribution in [2.24, 2.45) is 0 Å². The number of nitro groups is 1. The SMILES string of the molecule is O=[N+]([O-])c1cc(F)ccc1OC1CC(O)C1. The molecule has 0 bridgehead atoms. The summed E-state index contributed by atoms with van der Waals surface area (Å²) in [5.74, 6) is -0.629. The van der Waals surface area contributed by atoms with Crippen molar-refractivity contribution in [3.63, 3.8) is 0 Å². The minimum Gasteiger partial charge on any atom is -0.483 e.